The summed E-state index contributed by atoms with van der Waals surface area (Å²) >= 11 is 0. The number of hydrogen-bond donors (Lipinski definition) is 6. The van der Waals surface area contributed by atoms with Crippen LogP contribution in [0.3, 0.4) is 0 Å². The third-order valence-electron chi connectivity index (χ3n) is 4.56. The van der Waals surface area contributed by atoms with Crippen molar-refractivity contribution in [2.75, 3.05) is 34.5 Å². The van der Waals surface area contributed by atoms with Crippen LogP contribution < -0.4 is 16.1 Å². The van der Waals surface area contributed by atoms with E-state index in [2.05, 4.69) is 15.5 Å². The summed E-state index contributed by atoms with van der Waals surface area (Å²) in [6.45, 7) is -0.115. The standard InChI is InChI=1S/C13H28N5O8P/c1-16-8-7(26-13(17-15)11(8)20)5-24-27(21,23-3)18-9-6(4-22-2)25-12(14)10(9)19/h6-13,15-16,19-20H,4-5,14H2,1-3H3,(H,18,21)/t6-,7-,8?,9?,10?,11?,12-,13-,27?/m1/s1. The first-order valence-corrected chi connectivity index (χ1v) is 9.88. The Balaban J connectivity index is 2.02. The van der Waals surface area contributed by atoms with Crippen LogP contribution in [-0.4, -0.2) is 93.6 Å². The van der Waals surface area contributed by atoms with Crippen molar-refractivity contribution in [3.05, 3.63) is 0 Å². The van der Waals surface area contributed by atoms with Gasteiger partial charge in [0.1, 0.15) is 30.6 Å². The average molecular weight is 413 g/mol. The molecule has 0 bridgehead atoms. The fraction of sp³-hybridized carbons (Fsp3) is 1.00. The van der Waals surface area contributed by atoms with Crippen LogP contribution in [-0.2, 0) is 27.8 Å². The molecule has 27 heavy (non-hydrogen) atoms. The molecule has 2 aliphatic rings. The Bertz CT molecular complexity index is 545. The van der Waals surface area contributed by atoms with Gasteiger partial charge in [-0.1, -0.05) is 0 Å². The molecular weight excluding hydrogens is 385 g/mol. The number of aliphatic hydroxyl groups excluding tert-OH is 2. The fourth-order valence-corrected chi connectivity index (χ4v) is 4.42. The number of likely N-dealkylation sites (N-methyl/N-ethyl adjacent to an activating group) is 1. The van der Waals surface area contributed by atoms with E-state index < -0.39 is 56.7 Å². The minimum absolute atomic E-state index is 0.110. The molecule has 0 radical (unpaired) electrons. The first-order valence-electron chi connectivity index (χ1n) is 8.33. The van der Waals surface area contributed by atoms with Gasteiger partial charge in [0, 0.05) is 14.2 Å². The van der Waals surface area contributed by atoms with Crippen molar-refractivity contribution in [2.45, 2.75) is 49.0 Å². The quantitative estimate of drug-likeness (QED) is 0.173. The summed E-state index contributed by atoms with van der Waals surface area (Å²) < 4.78 is 39.1. The molecule has 0 amide bonds. The first-order chi connectivity index (χ1) is 12.8. The van der Waals surface area contributed by atoms with Crippen molar-refractivity contribution in [3.63, 3.8) is 0 Å². The molecule has 0 aromatic heterocycles. The third-order valence-corrected chi connectivity index (χ3v) is 6.14. The number of nitrogens with zero attached hydrogens (tertiary/aromatic N) is 1. The van der Waals surface area contributed by atoms with E-state index in [1.807, 2.05) is 0 Å². The van der Waals surface area contributed by atoms with Crippen LogP contribution in [0.1, 0.15) is 0 Å². The number of nitrogens with two attached hydrogens (primary N) is 1. The van der Waals surface area contributed by atoms with Gasteiger partial charge in [-0.2, -0.15) is 5.11 Å². The van der Waals surface area contributed by atoms with Crippen LogP contribution in [0, 0.1) is 5.53 Å². The molecule has 0 aromatic carbocycles. The van der Waals surface area contributed by atoms with Gasteiger partial charge in [0.25, 0.3) is 0 Å². The molecule has 13 nitrogen and oxygen atoms in total. The molecule has 14 heteroatoms. The van der Waals surface area contributed by atoms with Gasteiger partial charge in [0.15, 0.2) is 6.23 Å². The number of rotatable bonds is 10. The average Bonchev–Trinajstić information content (AvgIpc) is 3.10. The summed E-state index contributed by atoms with van der Waals surface area (Å²) in [7, 11) is 0.365. The van der Waals surface area contributed by atoms with E-state index in [4.69, 9.17) is 34.5 Å². The second-order valence-corrected chi connectivity index (χ2v) is 8.09. The van der Waals surface area contributed by atoms with E-state index in [9.17, 15) is 14.8 Å². The smallest absolute Gasteiger partial charge is 0.387 e. The van der Waals surface area contributed by atoms with Crippen LogP contribution in [0.4, 0.5) is 0 Å². The summed E-state index contributed by atoms with van der Waals surface area (Å²) in [4.78, 5) is 0. The van der Waals surface area contributed by atoms with Crippen LogP contribution in [0.25, 0.3) is 0 Å². The molecule has 2 saturated heterocycles. The van der Waals surface area contributed by atoms with Gasteiger partial charge in [0.05, 0.1) is 25.3 Å². The van der Waals surface area contributed by atoms with Gasteiger partial charge in [-0.05, 0) is 7.05 Å². The van der Waals surface area contributed by atoms with Gasteiger partial charge >= 0.3 is 7.75 Å². The van der Waals surface area contributed by atoms with Gasteiger partial charge in [-0.3, -0.25) is 4.52 Å². The highest BCUT2D eigenvalue weighted by Gasteiger charge is 2.47. The minimum Gasteiger partial charge on any atom is -0.387 e. The van der Waals surface area contributed by atoms with E-state index in [1.54, 1.807) is 7.05 Å². The first kappa shape index (κ1) is 22.7. The molecule has 2 fully saturated rings. The Morgan fingerprint density at radius 3 is 2.41 bits per heavy atom. The second-order valence-electron chi connectivity index (χ2n) is 6.22. The molecule has 0 aromatic rings. The predicted octanol–water partition coefficient (Wildman–Crippen LogP) is -1.89. The van der Waals surface area contributed by atoms with Crippen molar-refractivity contribution in [2.24, 2.45) is 10.8 Å². The van der Waals surface area contributed by atoms with Crippen LogP contribution >= 0.6 is 7.75 Å². The number of nitrogens with one attached hydrogen (secondary N) is 3. The summed E-state index contributed by atoms with van der Waals surface area (Å²) in [6.07, 6.45) is -5.61. The Morgan fingerprint density at radius 1 is 1.19 bits per heavy atom. The number of methoxy groups -OCH3 is 1. The summed E-state index contributed by atoms with van der Waals surface area (Å²) in [5, 5.41) is 28.9. The summed E-state index contributed by atoms with van der Waals surface area (Å²) in [6, 6.07) is -1.43. The van der Waals surface area contributed by atoms with E-state index in [-0.39, 0.29) is 13.2 Å². The predicted molar refractivity (Wildman–Crippen MR) is 90.9 cm³/mol. The molecular formula is C13H28N5O8P. The highest BCUT2D eigenvalue weighted by Crippen LogP contribution is 2.45. The van der Waals surface area contributed by atoms with Gasteiger partial charge in [-0.25, -0.2) is 15.2 Å². The van der Waals surface area contributed by atoms with Gasteiger partial charge < -0.3 is 40.0 Å². The highest BCUT2D eigenvalue weighted by molar-refractivity contribution is 7.51. The van der Waals surface area contributed by atoms with E-state index in [0.717, 1.165) is 0 Å². The molecule has 7 N–H and O–H groups in total. The lowest BCUT2D eigenvalue weighted by Gasteiger charge is -2.27. The molecule has 2 heterocycles. The maximum Gasteiger partial charge on any atom is 0.405 e. The minimum atomic E-state index is -3.88. The molecule has 0 aliphatic carbocycles. The Morgan fingerprint density at radius 2 is 1.85 bits per heavy atom. The van der Waals surface area contributed by atoms with Crippen LogP contribution in [0.15, 0.2) is 5.11 Å². The molecule has 2 rings (SSSR count). The van der Waals surface area contributed by atoms with Crippen LogP contribution in [0.5, 0.6) is 0 Å². The summed E-state index contributed by atoms with van der Waals surface area (Å²) in [5.74, 6) is 0. The zero-order valence-corrected chi connectivity index (χ0v) is 16.2. The van der Waals surface area contributed by atoms with E-state index in [1.165, 1.54) is 14.2 Å². The zero-order valence-electron chi connectivity index (χ0n) is 15.3. The maximum atomic E-state index is 12.9. The van der Waals surface area contributed by atoms with Crippen molar-refractivity contribution >= 4 is 7.75 Å². The number of ether oxygens (including phenoxy) is 3. The molecule has 0 saturated carbocycles. The molecule has 158 valence electrons. The van der Waals surface area contributed by atoms with Crippen molar-refractivity contribution in [1.29, 1.82) is 5.53 Å². The van der Waals surface area contributed by atoms with Gasteiger partial charge in [0.2, 0.25) is 0 Å². The Labute approximate surface area is 156 Å². The van der Waals surface area contributed by atoms with Crippen molar-refractivity contribution in [3.8, 4) is 0 Å². The zero-order chi connectivity index (χ0) is 20.2. The fourth-order valence-electron chi connectivity index (χ4n) is 3.10. The topological polar surface area (TPSA) is 190 Å². The largest absolute Gasteiger partial charge is 0.405 e. The van der Waals surface area contributed by atoms with Crippen LogP contribution in [0.2, 0.25) is 0 Å². The molecule has 2 aliphatic heterocycles. The second kappa shape index (κ2) is 9.76. The molecule has 0 spiro atoms. The van der Waals surface area contributed by atoms with Gasteiger partial charge in [-0.15, -0.1) is 0 Å². The van der Waals surface area contributed by atoms with E-state index >= 15 is 0 Å². The Hall–Kier alpha value is -0.570. The Kier molecular flexibility index (Phi) is 8.21. The lowest BCUT2D eigenvalue weighted by Crippen LogP contribution is -2.47. The monoisotopic (exact) mass is 413 g/mol. The normalized spacial score (nSPS) is 41.6. The van der Waals surface area contributed by atoms with Crippen molar-refractivity contribution in [1.82, 2.24) is 10.4 Å². The number of hydrogen-bond acceptors (Lipinski definition) is 12. The lowest BCUT2D eigenvalue weighted by molar-refractivity contribution is -0.0167. The van der Waals surface area contributed by atoms with E-state index in [0.29, 0.717) is 0 Å². The lowest BCUT2D eigenvalue weighted by atomic mass is 10.1. The summed E-state index contributed by atoms with van der Waals surface area (Å²) in [5.41, 5.74) is 12.7. The third kappa shape index (κ3) is 5.08. The molecule has 9 atom stereocenters. The maximum absolute atomic E-state index is 12.9. The SMILES string of the molecule is CNC1C(O)[C@H](N=N)O[C@@H]1COP(=O)(NC1C(O)[C@H](N)O[C@@H]1COC)OC. The highest BCUT2D eigenvalue weighted by atomic mass is 31.2. The number of aliphatic hydroxyl groups is 2. The molecule has 5 unspecified atom stereocenters. The van der Waals surface area contributed by atoms with Crippen molar-refractivity contribution < 1.29 is 38.0 Å².